The Kier molecular flexibility index (Phi) is 10.5. The maximum atomic E-state index is 15.7. The highest BCUT2D eigenvalue weighted by molar-refractivity contribution is 5.83. The van der Waals surface area contributed by atoms with E-state index in [1.165, 1.54) is 6.92 Å². The molecule has 3 aliphatic heterocycles. The van der Waals surface area contributed by atoms with Gasteiger partial charge in [0.25, 0.3) is 5.92 Å². The van der Waals surface area contributed by atoms with Gasteiger partial charge in [-0.05, 0) is 43.3 Å². The van der Waals surface area contributed by atoms with E-state index in [1.807, 2.05) is 26.0 Å². The van der Waals surface area contributed by atoms with Gasteiger partial charge in [-0.2, -0.15) is 10.2 Å². The molecule has 12 nitrogen and oxygen atoms in total. The Bertz CT molecular complexity index is 1770. The lowest BCUT2D eigenvalue weighted by molar-refractivity contribution is -0.142. The van der Waals surface area contributed by atoms with Crippen molar-refractivity contribution in [1.82, 2.24) is 24.8 Å². The molecule has 5 heterocycles. The number of likely N-dealkylation sites (tertiary alicyclic amines) is 1. The number of piperazine rings is 1. The molecule has 2 unspecified atom stereocenters. The van der Waals surface area contributed by atoms with Gasteiger partial charge in [-0.25, -0.2) is 23.1 Å². The summed E-state index contributed by atoms with van der Waals surface area (Å²) in [6, 6.07) is 13.0. The lowest BCUT2D eigenvalue weighted by Gasteiger charge is -2.43. The highest BCUT2D eigenvalue weighted by Gasteiger charge is 2.63. The number of benzene rings is 1. The van der Waals surface area contributed by atoms with Gasteiger partial charge in [0, 0.05) is 58.8 Å². The lowest BCUT2D eigenvalue weighted by Crippen LogP contribution is -2.56. The van der Waals surface area contributed by atoms with Crippen LogP contribution in [0.25, 0.3) is 11.3 Å². The largest absolute Gasteiger partial charge is 0.486 e. The van der Waals surface area contributed by atoms with Crippen molar-refractivity contribution >= 4 is 23.4 Å². The normalized spacial score (nSPS) is 24.4. The van der Waals surface area contributed by atoms with Gasteiger partial charge >= 0.3 is 0 Å². The standard InChI is InChI=1S/C34H37F3N8O4.C2H6.H2/c1-33(35)20-45(31(46)24-16-34(24,36)37)10-8-28(33)49-27-5-3-21(15-22(27)17-38)25-7-9-39-32(40-25)42-29-6-4-26(30(41-29)47-2)44-13-11-43(12-14-44)23-18-48-19-23;1-2;/h3-7,9,15,23-24,28H,8,10-14,16,18-20H2,1-2H3,(H,39,40,41,42);1-2H3;1H/t24-,28?,33?;;/m0../s1. The number of alkyl halides is 3. The van der Waals surface area contributed by atoms with Crippen LogP contribution in [0, 0.1) is 17.2 Å². The van der Waals surface area contributed by atoms with Gasteiger partial charge in [0.15, 0.2) is 5.67 Å². The van der Waals surface area contributed by atoms with Crippen LogP contribution in [0.15, 0.2) is 42.6 Å². The molecule has 3 saturated heterocycles. The summed E-state index contributed by atoms with van der Waals surface area (Å²) < 4.78 is 59.5. The average molecular weight is 711 g/mol. The first-order valence-corrected chi connectivity index (χ1v) is 17.3. The number of pyridine rings is 1. The van der Waals surface area contributed by atoms with Crippen molar-refractivity contribution in [1.29, 1.82) is 5.26 Å². The Labute approximate surface area is 297 Å². The van der Waals surface area contributed by atoms with Gasteiger partial charge in [-0.15, -0.1) is 0 Å². The molecular formula is C36H45F3N8O4. The van der Waals surface area contributed by atoms with Crippen molar-refractivity contribution < 1.29 is 33.6 Å². The number of hydrogen-bond donors (Lipinski definition) is 1. The summed E-state index contributed by atoms with van der Waals surface area (Å²) in [7, 11) is 1.59. The summed E-state index contributed by atoms with van der Waals surface area (Å²) in [6.45, 7) is 10.2. The number of aromatic nitrogens is 3. The SMILES string of the molecule is CC.COc1nc(Nc2nccc(-c3ccc(OC4CCN(C(=O)[C@@H]5CC5(F)F)CC4(C)F)c(C#N)c3)n2)ccc1N1CCN(C2COC2)CC1.[HH]. The van der Waals surface area contributed by atoms with Gasteiger partial charge < -0.3 is 29.3 Å². The predicted molar refractivity (Wildman–Crippen MR) is 186 cm³/mol. The second kappa shape index (κ2) is 14.9. The minimum absolute atomic E-state index is 0. The van der Waals surface area contributed by atoms with Crippen LogP contribution in [0.5, 0.6) is 11.6 Å². The second-order valence-electron chi connectivity index (χ2n) is 13.1. The average Bonchev–Trinajstić information content (AvgIpc) is 3.76. The molecular weight excluding hydrogens is 665 g/mol. The summed E-state index contributed by atoms with van der Waals surface area (Å²) in [6.07, 6.45) is 0.200. The van der Waals surface area contributed by atoms with E-state index in [2.05, 4.69) is 36.1 Å². The number of nitriles is 1. The van der Waals surface area contributed by atoms with Crippen molar-refractivity contribution in [2.45, 2.75) is 57.3 Å². The first kappa shape index (κ1) is 36.1. The molecule has 1 aliphatic carbocycles. The summed E-state index contributed by atoms with van der Waals surface area (Å²) in [5, 5.41) is 13.1. The Hall–Kier alpha value is -4.68. The molecule has 3 aromatic rings. The minimum atomic E-state index is -3.01. The fourth-order valence-corrected chi connectivity index (χ4v) is 6.58. The maximum Gasteiger partial charge on any atom is 0.260 e. The zero-order valence-corrected chi connectivity index (χ0v) is 29.2. The molecule has 2 aromatic heterocycles. The molecule has 7 rings (SSSR count). The monoisotopic (exact) mass is 710 g/mol. The summed E-state index contributed by atoms with van der Waals surface area (Å²) in [5.74, 6) is -3.67. The molecule has 4 aliphatic rings. The van der Waals surface area contributed by atoms with Gasteiger partial charge in [-0.3, -0.25) is 9.69 Å². The van der Waals surface area contributed by atoms with Crippen molar-refractivity contribution in [3.63, 3.8) is 0 Å². The number of piperidine rings is 1. The molecule has 1 N–H and O–H groups in total. The zero-order valence-electron chi connectivity index (χ0n) is 29.2. The van der Waals surface area contributed by atoms with Crippen LogP contribution in [-0.2, 0) is 9.53 Å². The van der Waals surface area contributed by atoms with E-state index in [0.717, 1.165) is 50.0 Å². The van der Waals surface area contributed by atoms with E-state index >= 15 is 4.39 Å². The Morgan fingerprint density at radius 2 is 1.82 bits per heavy atom. The highest BCUT2D eigenvalue weighted by atomic mass is 19.3. The summed E-state index contributed by atoms with van der Waals surface area (Å²) >= 11 is 0. The molecule has 274 valence electrons. The van der Waals surface area contributed by atoms with Crippen LogP contribution in [0.2, 0.25) is 0 Å². The number of anilines is 3. The number of rotatable bonds is 9. The molecule has 1 aromatic carbocycles. The van der Waals surface area contributed by atoms with Crippen LogP contribution in [-0.4, -0.2) is 114 Å². The van der Waals surface area contributed by atoms with Crippen molar-refractivity contribution in [3.05, 3.63) is 48.2 Å². The van der Waals surface area contributed by atoms with E-state index in [0.29, 0.717) is 29.0 Å². The van der Waals surface area contributed by atoms with Gasteiger partial charge in [-0.1, -0.05) is 13.8 Å². The first-order valence-electron chi connectivity index (χ1n) is 17.3. The summed E-state index contributed by atoms with van der Waals surface area (Å²) in [4.78, 5) is 31.9. The van der Waals surface area contributed by atoms with E-state index < -0.39 is 35.9 Å². The minimum Gasteiger partial charge on any atom is -0.486 e. The highest BCUT2D eigenvalue weighted by Crippen LogP contribution is 2.50. The van der Waals surface area contributed by atoms with Crippen LogP contribution >= 0.6 is 0 Å². The van der Waals surface area contributed by atoms with Gasteiger partial charge in [0.2, 0.25) is 17.7 Å². The Balaban J connectivity index is 0.00000171. The van der Waals surface area contributed by atoms with E-state index in [-0.39, 0.29) is 38.2 Å². The van der Waals surface area contributed by atoms with Gasteiger partial charge in [0.1, 0.15) is 35.3 Å². The van der Waals surface area contributed by atoms with Crippen LogP contribution in [0.1, 0.15) is 40.6 Å². The van der Waals surface area contributed by atoms with E-state index in [1.54, 1.807) is 37.6 Å². The topological polar surface area (TPSA) is 129 Å². The third kappa shape index (κ3) is 7.82. The number of nitrogens with one attached hydrogen (secondary N) is 1. The number of amides is 1. The molecule has 1 saturated carbocycles. The van der Waals surface area contributed by atoms with Crippen molar-refractivity contribution in [2.24, 2.45) is 5.92 Å². The van der Waals surface area contributed by atoms with Crippen LogP contribution in [0.3, 0.4) is 0 Å². The number of carbonyl (C=O) groups excluding carboxylic acids is 1. The second-order valence-corrected chi connectivity index (χ2v) is 13.1. The number of carbonyl (C=O) groups is 1. The number of nitrogens with zero attached hydrogens (tertiary/aromatic N) is 7. The molecule has 0 radical (unpaired) electrons. The van der Waals surface area contributed by atoms with E-state index in [9.17, 15) is 18.8 Å². The Morgan fingerprint density at radius 3 is 2.45 bits per heavy atom. The molecule has 3 atom stereocenters. The number of hydrogen-bond acceptors (Lipinski definition) is 11. The Morgan fingerprint density at radius 1 is 1.08 bits per heavy atom. The van der Waals surface area contributed by atoms with Crippen molar-refractivity contribution in [2.75, 3.05) is 69.8 Å². The number of ether oxygens (including phenoxy) is 3. The smallest absolute Gasteiger partial charge is 0.260 e. The number of methoxy groups -OCH3 is 1. The molecule has 15 heteroatoms. The first-order chi connectivity index (χ1) is 24.5. The third-order valence-corrected chi connectivity index (χ3v) is 9.65. The third-order valence-electron chi connectivity index (χ3n) is 9.65. The van der Waals surface area contributed by atoms with Crippen molar-refractivity contribution in [3.8, 4) is 29.0 Å². The molecule has 4 fully saturated rings. The molecule has 0 spiro atoms. The predicted octanol–water partition coefficient (Wildman–Crippen LogP) is 5.32. The fourth-order valence-electron chi connectivity index (χ4n) is 6.58. The quantitative estimate of drug-likeness (QED) is 0.310. The van der Waals surface area contributed by atoms with Crippen LogP contribution < -0.4 is 19.7 Å². The zero-order chi connectivity index (χ0) is 36.3. The number of halogens is 3. The van der Waals surface area contributed by atoms with E-state index in [4.69, 9.17) is 14.2 Å². The fraction of sp³-hybridized carbons (Fsp3) is 0.528. The maximum absolute atomic E-state index is 15.7. The molecule has 51 heavy (non-hydrogen) atoms. The molecule has 1 amide bonds. The lowest BCUT2D eigenvalue weighted by atomic mass is 9.92. The van der Waals surface area contributed by atoms with Crippen LogP contribution in [0.4, 0.5) is 30.6 Å². The molecule has 0 bridgehead atoms. The summed E-state index contributed by atoms with van der Waals surface area (Å²) in [5.41, 5.74) is 0.205. The van der Waals surface area contributed by atoms with Gasteiger partial charge in [0.05, 0.1) is 44.2 Å².